The van der Waals surface area contributed by atoms with Gasteiger partial charge in [0.2, 0.25) is 11.1 Å². The fraction of sp³-hybridized carbons (Fsp3) is 0.524. The molecule has 8 heteroatoms. The molecule has 1 saturated carbocycles. The number of rotatable bonds is 7. The van der Waals surface area contributed by atoms with Crippen LogP contribution in [0, 0.1) is 0 Å². The maximum Gasteiger partial charge on any atom is 0.233 e. The highest BCUT2D eigenvalue weighted by molar-refractivity contribution is 7.99. The first-order valence-corrected chi connectivity index (χ1v) is 11.4. The fourth-order valence-electron chi connectivity index (χ4n) is 3.96. The molecule has 2 heterocycles. The summed E-state index contributed by atoms with van der Waals surface area (Å²) in [6.45, 7) is 4.31. The Morgan fingerprint density at radius 3 is 2.62 bits per heavy atom. The van der Waals surface area contributed by atoms with Gasteiger partial charge in [-0.3, -0.25) is 9.69 Å². The van der Waals surface area contributed by atoms with Crippen molar-refractivity contribution in [2.75, 3.05) is 38.5 Å². The number of carbonyl (C=O) groups is 1. The molecule has 1 aliphatic heterocycles. The van der Waals surface area contributed by atoms with Gasteiger partial charge in [0.25, 0.3) is 0 Å². The molecule has 1 aliphatic carbocycles. The summed E-state index contributed by atoms with van der Waals surface area (Å²) in [6.07, 6.45) is 9.09. The van der Waals surface area contributed by atoms with Gasteiger partial charge in [-0.15, -0.1) is 5.10 Å². The highest BCUT2D eigenvalue weighted by Gasteiger charge is 2.24. The molecule has 7 nitrogen and oxygen atoms in total. The summed E-state index contributed by atoms with van der Waals surface area (Å²) >= 11 is 1.47. The lowest BCUT2D eigenvalue weighted by molar-refractivity contribution is -0.130. The van der Waals surface area contributed by atoms with Crippen molar-refractivity contribution < 1.29 is 4.79 Å². The molecule has 0 radical (unpaired) electrons. The number of thioether (sulfide) groups is 1. The van der Waals surface area contributed by atoms with Crippen LogP contribution in [0.2, 0.25) is 0 Å². The molecule has 2 fully saturated rings. The van der Waals surface area contributed by atoms with Crippen molar-refractivity contribution in [1.82, 2.24) is 30.0 Å². The second kappa shape index (κ2) is 10.0. The van der Waals surface area contributed by atoms with Crippen LogP contribution in [0.25, 0.3) is 6.08 Å². The van der Waals surface area contributed by atoms with Gasteiger partial charge in [-0.05, 0) is 28.8 Å². The van der Waals surface area contributed by atoms with E-state index in [2.05, 4.69) is 44.7 Å². The minimum atomic E-state index is 0.176. The Morgan fingerprint density at radius 2 is 1.86 bits per heavy atom. The Hall–Kier alpha value is -2.19. The van der Waals surface area contributed by atoms with Crippen LogP contribution in [0.4, 0.5) is 0 Å². The fourth-order valence-corrected chi connectivity index (χ4v) is 4.81. The van der Waals surface area contributed by atoms with Gasteiger partial charge < -0.3 is 4.90 Å². The Bertz CT molecular complexity index is 810. The van der Waals surface area contributed by atoms with Gasteiger partial charge in [-0.1, -0.05) is 67.1 Å². The second-order valence-corrected chi connectivity index (χ2v) is 8.57. The van der Waals surface area contributed by atoms with Gasteiger partial charge in [0, 0.05) is 32.7 Å². The van der Waals surface area contributed by atoms with Crippen LogP contribution < -0.4 is 0 Å². The number of hydrogen-bond donors (Lipinski definition) is 0. The molecule has 2 aromatic rings. The van der Waals surface area contributed by atoms with E-state index in [9.17, 15) is 4.79 Å². The largest absolute Gasteiger partial charge is 0.339 e. The van der Waals surface area contributed by atoms with Crippen LogP contribution in [0.1, 0.15) is 37.3 Å². The predicted molar refractivity (Wildman–Crippen MR) is 115 cm³/mol. The van der Waals surface area contributed by atoms with E-state index in [1.807, 2.05) is 27.8 Å². The summed E-state index contributed by atoms with van der Waals surface area (Å²) in [6, 6.07) is 10.7. The van der Waals surface area contributed by atoms with Gasteiger partial charge in [0.1, 0.15) is 0 Å². The maximum absolute atomic E-state index is 12.6. The number of piperazine rings is 1. The van der Waals surface area contributed by atoms with Gasteiger partial charge in [-0.25, -0.2) is 4.68 Å². The molecule has 0 spiro atoms. The summed E-state index contributed by atoms with van der Waals surface area (Å²) in [5.74, 6) is 0.580. The van der Waals surface area contributed by atoms with Crippen LogP contribution in [0.3, 0.4) is 0 Å². The van der Waals surface area contributed by atoms with Crippen molar-refractivity contribution >= 4 is 23.7 Å². The van der Waals surface area contributed by atoms with Gasteiger partial charge in [0.05, 0.1) is 11.8 Å². The molecule has 4 rings (SSSR count). The molecule has 2 aliphatic rings. The van der Waals surface area contributed by atoms with Crippen molar-refractivity contribution in [1.29, 1.82) is 0 Å². The smallest absolute Gasteiger partial charge is 0.233 e. The van der Waals surface area contributed by atoms with E-state index in [1.54, 1.807) is 0 Å². The molecule has 0 atom stereocenters. The normalized spacial score (nSPS) is 18.7. The number of nitrogens with zero attached hydrogens (tertiary/aromatic N) is 6. The van der Waals surface area contributed by atoms with Crippen LogP contribution in [0.5, 0.6) is 0 Å². The lowest BCUT2D eigenvalue weighted by atomic mass is 10.2. The minimum Gasteiger partial charge on any atom is -0.339 e. The van der Waals surface area contributed by atoms with Gasteiger partial charge in [0.15, 0.2) is 0 Å². The summed E-state index contributed by atoms with van der Waals surface area (Å²) in [7, 11) is 0. The van der Waals surface area contributed by atoms with Gasteiger partial charge in [-0.2, -0.15) is 0 Å². The SMILES string of the molecule is O=C(CSc1nnnn1C1CCCC1)N1CCN(CC=Cc2ccccc2)CC1. The van der Waals surface area contributed by atoms with E-state index >= 15 is 0 Å². The number of amides is 1. The lowest BCUT2D eigenvalue weighted by Crippen LogP contribution is -2.49. The summed E-state index contributed by atoms with van der Waals surface area (Å²) in [5.41, 5.74) is 1.22. The molecule has 0 unspecified atom stereocenters. The monoisotopic (exact) mass is 412 g/mol. The topological polar surface area (TPSA) is 67.2 Å². The molecule has 1 saturated heterocycles. The quantitative estimate of drug-likeness (QED) is 0.652. The average molecular weight is 413 g/mol. The second-order valence-electron chi connectivity index (χ2n) is 7.63. The first kappa shape index (κ1) is 20.1. The number of tetrazole rings is 1. The van der Waals surface area contributed by atoms with E-state index in [4.69, 9.17) is 0 Å². The maximum atomic E-state index is 12.6. The highest BCUT2D eigenvalue weighted by Crippen LogP contribution is 2.31. The van der Waals surface area contributed by atoms with Crippen molar-refractivity contribution in [3.63, 3.8) is 0 Å². The molecule has 1 amide bonds. The molecule has 154 valence electrons. The van der Waals surface area contributed by atoms with Gasteiger partial charge >= 0.3 is 0 Å². The van der Waals surface area contributed by atoms with Crippen LogP contribution >= 0.6 is 11.8 Å². The summed E-state index contributed by atoms with van der Waals surface area (Å²) < 4.78 is 1.92. The lowest BCUT2D eigenvalue weighted by Gasteiger charge is -2.34. The van der Waals surface area contributed by atoms with Crippen molar-refractivity contribution in [2.45, 2.75) is 36.9 Å². The first-order valence-electron chi connectivity index (χ1n) is 10.4. The Balaban J connectivity index is 1.19. The third kappa shape index (κ3) is 5.45. The number of aromatic nitrogens is 4. The van der Waals surface area contributed by atoms with E-state index in [-0.39, 0.29) is 5.91 Å². The Labute approximate surface area is 176 Å². The molecule has 1 aromatic carbocycles. The van der Waals surface area contributed by atoms with E-state index in [0.717, 1.165) is 50.7 Å². The van der Waals surface area contributed by atoms with E-state index in [1.165, 1.54) is 30.2 Å². The zero-order valence-electron chi connectivity index (χ0n) is 16.7. The average Bonchev–Trinajstić information content (AvgIpc) is 3.45. The number of hydrogen-bond acceptors (Lipinski definition) is 6. The van der Waals surface area contributed by atoms with Crippen molar-refractivity contribution in [3.05, 3.63) is 42.0 Å². The molecule has 0 bridgehead atoms. The number of benzene rings is 1. The zero-order valence-corrected chi connectivity index (χ0v) is 17.5. The Morgan fingerprint density at radius 1 is 1.10 bits per heavy atom. The minimum absolute atomic E-state index is 0.176. The third-order valence-electron chi connectivity index (χ3n) is 5.66. The predicted octanol–water partition coefficient (Wildman–Crippen LogP) is 2.74. The Kier molecular flexibility index (Phi) is 6.95. The van der Waals surface area contributed by atoms with Crippen LogP contribution in [0.15, 0.2) is 41.6 Å². The third-order valence-corrected chi connectivity index (χ3v) is 6.57. The highest BCUT2D eigenvalue weighted by atomic mass is 32.2. The zero-order chi connectivity index (χ0) is 19.9. The molecule has 29 heavy (non-hydrogen) atoms. The van der Waals surface area contributed by atoms with Crippen molar-refractivity contribution in [3.8, 4) is 0 Å². The van der Waals surface area contributed by atoms with Crippen LogP contribution in [-0.4, -0.2) is 74.4 Å². The van der Waals surface area contributed by atoms with E-state index in [0.29, 0.717) is 11.8 Å². The molecule has 0 N–H and O–H groups in total. The molecular formula is C21H28N6OS. The summed E-state index contributed by atoms with van der Waals surface area (Å²) in [4.78, 5) is 17.0. The number of carbonyl (C=O) groups excluding carboxylic acids is 1. The van der Waals surface area contributed by atoms with E-state index < -0.39 is 0 Å². The first-order chi connectivity index (χ1) is 14.3. The molecule has 1 aromatic heterocycles. The summed E-state index contributed by atoms with van der Waals surface area (Å²) in [5, 5.41) is 12.9. The standard InChI is InChI=1S/C21H28N6OS/c28-20(17-29-21-22-23-24-27(21)19-10-4-5-11-19)26-15-13-25(14-16-26)12-6-9-18-7-2-1-3-8-18/h1-3,6-9,19H,4-5,10-17H2. The van der Waals surface area contributed by atoms with Crippen molar-refractivity contribution in [2.24, 2.45) is 0 Å². The molecular weight excluding hydrogens is 384 g/mol. The van der Waals surface area contributed by atoms with Crippen LogP contribution in [-0.2, 0) is 4.79 Å².